The first-order chi connectivity index (χ1) is 19.2. The van der Waals surface area contributed by atoms with Crippen molar-refractivity contribution in [1.82, 2.24) is 20.1 Å². The number of alkyl halides is 1. The van der Waals surface area contributed by atoms with Gasteiger partial charge in [0, 0.05) is 57.9 Å². The largest absolute Gasteiger partial charge is 0.489 e. The van der Waals surface area contributed by atoms with Crippen LogP contribution in [0, 0.1) is 24.0 Å². The molecule has 0 aliphatic carbocycles. The molecule has 0 fully saturated rings. The number of aromatic nitrogens is 3. The van der Waals surface area contributed by atoms with Crippen LogP contribution in [-0.2, 0) is 20.0 Å². The van der Waals surface area contributed by atoms with E-state index in [4.69, 9.17) is 8.85 Å². The smallest absolute Gasteiger partial charge is 0.201 e. The molecule has 9 heteroatoms. The maximum absolute atomic E-state index is 15.1. The summed E-state index contributed by atoms with van der Waals surface area (Å²) in [7, 11) is 1.71. The lowest BCUT2D eigenvalue weighted by atomic mass is 9.84. The third-order valence-corrected chi connectivity index (χ3v) is 6.90. The van der Waals surface area contributed by atoms with E-state index in [0.717, 1.165) is 11.8 Å². The Morgan fingerprint density at radius 3 is 2.74 bits per heavy atom. The van der Waals surface area contributed by atoms with Gasteiger partial charge in [0.25, 0.3) is 0 Å². The molecule has 0 saturated heterocycles. The molecule has 2 heterocycles. The van der Waals surface area contributed by atoms with Gasteiger partial charge in [0.1, 0.15) is 6.10 Å². The van der Waals surface area contributed by atoms with E-state index in [1.165, 1.54) is 6.07 Å². The Balaban J connectivity index is 1.66. The fourth-order valence-corrected chi connectivity index (χ4v) is 4.43. The molecular formula is C29H33F3N4O2. The van der Waals surface area contributed by atoms with Crippen LogP contribution < -0.4 is 10.1 Å². The Bertz CT molecular complexity index is 1560. The van der Waals surface area contributed by atoms with Gasteiger partial charge < -0.3 is 15.2 Å². The predicted molar refractivity (Wildman–Crippen MR) is 142 cm³/mol. The van der Waals surface area contributed by atoms with Crippen molar-refractivity contribution in [2.75, 3.05) is 20.3 Å². The molecule has 4 rings (SSSR count). The van der Waals surface area contributed by atoms with E-state index in [0.29, 0.717) is 38.9 Å². The summed E-state index contributed by atoms with van der Waals surface area (Å²) >= 11 is 0. The van der Waals surface area contributed by atoms with Crippen molar-refractivity contribution in [2.24, 2.45) is 12.5 Å². The van der Waals surface area contributed by atoms with Gasteiger partial charge in [0.05, 0.1) is 24.5 Å². The standard InChI is InChI=1S/C29H33F3N4O2/c1-17-20(26(35-36(17)5)28(37)29(2,3)16-30)11-13-38-27-21(7-8-23(31)25(27)32)18-6-9-24-22(14-18)19(15-33-4)10-12-34-24/h6-10,12,14,28,33,37H,11,13,15-16H2,1-5H3/i4D3. The number of aliphatic hydroxyl groups is 1. The molecule has 0 aliphatic heterocycles. The summed E-state index contributed by atoms with van der Waals surface area (Å²) in [6.45, 7) is 1.89. The first-order valence-electron chi connectivity index (χ1n) is 13.7. The lowest BCUT2D eigenvalue weighted by Gasteiger charge is -2.26. The summed E-state index contributed by atoms with van der Waals surface area (Å²) in [4.78, 5) is 4.33. The second-order valence-electron chi connectivity index (χ2n) is 9.99. The first-order valence-corrected chi connectivity index (χ1v) is 12.2. The summed E-state index contributed by atoms with van der Waals surface area (Å²) in [5.41, 5.74) is 2.72. The van der Waals surface area contributed by atoms with Gasteiger partial charge in [-0.25, -0.2) is 4.39 Å². The van der Waals surface area contributed by atoms with Gasteiger partial charge in [-0.2, -0.15) is 9.49 Å². The van der Waals surface area contributed by atoms with E-state index >= 15 is 4.39 Å². The van der Waals surface area contributed by atoms with E-state index < -0.39 is 36.8 Å². The van der Waals surface area contributed by atoms with Gasteiger partial charge in [0.15, 0.2) is 11.6 Å². The van der Waals surface area contributed by atoms with Crippen molar-refractivity contribution >= 4 is 10.9 Å². The number of hydrogen-bond acceptors (Lipinski definition) is 5. The van der Waals surface area contributed by atoms with Gasteiger partial charge in [-0.15, -0.1) is 0 Å². The van der Waals surface area contributed by atoms with Crippen LogP contribution in [0.5, 0.6) is 5.75 Å². The molecule has 2 aromatic heterocycles. The number of ether oxygens (including phenoxy) is 1. The zero-order valence-electron chi connectivity index (χ0n) is 24.8. The molecule has 2 aromatic carbocycles. The van der Waals surface area contributed by atoms with Crippen LogP contribution in [0.1, 0.15) is 46.6 Å². The summed E-state index contributed by atoms with van der Waals surface area (Å²) in [5.74, 6) is -2.52. The molecule has 0 amide bonds. The van der Waals surface area contributed by atoms with Gasteiger partial charge in [-0.1, -0.05) is 19.9 Å². The molecule has 1 atom stereocenters. The molecule has 0 spiro atoms. The number of halogens is 3. The minimum atomic E-state index is -2.33. The van der Waals surface area contributed by atoms with Gasteiger partial charge in [-0.3, -0.25) is 14.1 Å². The lowest BCUT2D eigenvalue weighted by Crippen LogP contribution is -2.25. The SMILES string of the molecule is [2H]C([2H])([2H])NCc1ccnc2ccc(-c3ccc(F)c(F)c3OCCc3c(C(O)C(C)(C)CF)nn(C)c3C)cc12. The summed E-state index contributed by atoms with van der Waals surface area (Å²) in [5, 5.41) is 18.4. The third kappa shape index (κ3) is 5.26. The molecule has 2 N–H and O–H groups in total. The highest BCUT2D eigenvalue weighted by atomic mass is 19.2. The number of aliphatic hydroxyl groups excluding tert-OH is 1. The van der Waals surface area contributed by atoms with E-state index in [1.807, 2.05) is 0 Å². The Morgan fingerprint density at radius 1 is 1.21 bits per heavy atom. The van der Waals surface area contributed by atoms with Crippen molar-refractivity contribution in [1.29, 1.82) is 0 Å². The molecular weight excluding hydrogens is 493 g/mol. The fourth-order valence-electron chi connectivity index (χ4n) is 4.43. The van der Waals surface area contributed by atoms with Crippen LogP contribution in [0.2, 0.25) is 0 Å². The minimum absolute atomic E-state index is 0.0535. The normalized spacial score (nSPS) is 14.3. The van der Waals surface area contributed by atoms with Crippen LogP contribution in [0.3, 0.4) is 0 Å². The van der Waals surface area contributed by atoms with E-state index in [-0.39, 0.29) is 25.3 Å². The van der Waals surface area contributed by atoms with Crippen LogP contribution >= 0.6 is 0 Å². The monoisotopic (exact) mass is 529 g/mol. The highest BCUT2D eigenvalue weighted by molar-refractivity contribution is 5.88. The predicted octanol–water partition coefficient (Wildman–Crippen LogP) is 5.59. The van der Waals surface area contributed by atoms with E-state index in [9.17, 15) is 13.9 Å². The van der Waals surface area contributed by atoms with Crippen molar-refractivity contribution in [3.63, 3.8) is 0 Å². The zero-order chi connectivity index (χ0) is 30.1. The van der Waals surface area contributed by atoms with Gasteiger partial charge >= 0.3 is 0 Å². The number of fused-ring (bicyclic) bond motifs is 1. The molecule has 38 heavy (non-hydrogen) atoms. The second kappa shape index (κ2) is 11.1. The Morgan fingerprint density at radius 2 is 2.00 bits per heavy atom. The fraction of sp³-hybridized carbons (Fsp3) is 0.379. The van der Waals surface area contributed by atoms with Crippen molar-refractivity contribution in [2.45, 2.75) is 39.8 Å². The molecule has 0 aliphatic rings. The second-order valence-corrected chi connectivity index (χ2v) is 9.99. The number of pyridine rings is 1. The molecule has 1 unspecified atom stereocenters. The molecule has 0 bridgehead atoms. The van der Waals surface area contributed by atoms with E-state index in [1.54, 1.807) is 63.0 Å². The lowest BCUT2D eigenvalue weighted by molar-refractivity contribution is 0.0266. The first kappa shape index (κ1) is 23.7. The average molecular weight is 530 g/mol. The summed E-state index contributed by atoms with van der Waals surface area (Å²) in [6.07, 6.45) is 0.602. The maximum Gasteiger partial charge on any atom is 0.201 e. The number of aryl methyl sites for hydroxylation is 1. The summed E-state index contributed by atoms with van der Waals surface area (Å²) in [6, 6.07) is 9.28. The van der Waals surface area contributed by atoms with Crippen LogP contribution in [0.4, 0.5) is 13.2 Å². The minimum Gasteiger partial charge on any atom is -0.489 e. The Kier molecular flexibility index (Phi) is 6.93. The number of benzene rings is 2. The quantitative estimate of drug-likeness (QED) is 0.280. The number of rotatable bonds is 10. The highest BCUT2D eigenvalue weighted by Crippen LogP contribution is 2.37. The number of hydrogen-bond donors (Lipinski definition) is 2. The number of nitrogens with zero attached hydrogens (tertiary/aromatic N) is 3. The van der Waals surface area contributed by atoms with Crippen molar-refractivity contribution < 1.29 is 27.1 Å². The molecule has 6 nitrogen and oxygen atoms in total. The maximum atomic E-state index is 15.1. The number of nitrogens with one attached hydrogen (secondary N) is 1. The zero-order valence-corrected chi connectivity index (χ0v) is 21.8. The molecule has 202 valence electrons. The summed E-state index contributed by atoms with van der Waals surface area (Å²) < 4.78 is 72.8. The average Bonchev–Trinajstić information content (AvgIpc) is 3.21. The van der Waals surface area contributed by atoms with E-state index in [2.05, 4.69) is 15.4 Å². The molecule has 4 aromatic rings. The molecule has 0 radical (unpaired) electrons. The van der Waals surface area contributed by atoms with Gasteiger partial charge in [0.2, 0.25) is 5.82 Å². The highest BCUT2D eigenvalue weighted by Gasteiger charge is 2.34. The molecule has 0 saturated carbocycles. The Hall–Kier alpha value is -3.43. The van der Waals surface area contributed by atoms with Gasteiger partial charge in [-0.05, 0) is 55.4 Å². The third-order valence-electron chi connectivity index (χ3n) is 6.90. The van der Waals surface area contributed by atoms with Crippen molar-refractivity contribution in [3.8, 4) is 16.9 Å². The van der Waals surface area contributed by atoms with Crippen LogP contribution in [0.15, 0.2) is 42.6 Å². The van der Waals surface area contributed by atoms with Crippen molar-refractivity contribution in [3.05, 3.63) is 76.7 Å². The van der Waals surface area contributed by atoms with Crippen LogP contribution in [0.25, 0.3) is 22.0 Å². The van der Waals surface area contributed by atoms with Crippen LogP contribution in [-0.4, -0.2) is 40.1 Å². The Labute approximate surface area is 224 Å². The topological polar surface area (TPSA) is 72.2 Å².